The van der Waals surface area contributed by atoms with E-state index in [-0.39, 0.29) is 5.91 Å². The van der Waals surface area contributed by atoms with Crippen LogP contribution in [-0.2, 0) is 9.53 Å². The van der Waals surface area contributed by atoms with Gasteiger partial charge < -0.3 is 9.64 Å². The highest BCUT2D eigenvalue weighted by Crippen LogP contribution is 2.32. The lowest BCUT2D eigenvalue weighted by Gasteiger charge is -2.24. The molecule has 2 saturated heterocycles. The van der Waals surface area contributed by atoms with E-state index in [0.29, 0.717) is 10.9 Å². The van der Waals surface area contributed by atoms with Gasteiger partial charge in [0, 0.05) is 13.0 Å². The molecule has 0 spiro atoms. The lowest BCUT2D eigenvalue weighted by molar-refractivity contribution is -0.908. The Balaban J connectivity index is 1.56. The molecule has 6 heteroatoms. The van der Waals surface area contributed by atoms with Crippen molar-refractivity contribution in [2.45, 2.75) is 13.3 Å². The van der Waals surface area contributed by atoms with E-state index in [9.17, 15) is 4.79 Å². The third kappa shape index (κ3) is 5.27. The Morgan fingerprint density at radius 1 is 1.31 bits per heavy atom. The number of nitrogens with zero attached hydrogens (tertiary/aromatic N) is 1. The van der Waals surface area contributed by atoms with Crippen LogP contribution >= 0.6 is 24.0 Å². The van der Waals surface area contributed by atoms with Crippen LogP contribution in [0.25, 0.3) is 6.08 Å². The van der Waals surface area contributed by atoms with Gasteiger partial charge in [0.25, 0.3) is 5.91 Å². The van der Waals surface area contributed by atoms with Crippen molar-refractivity contribution >= 4 is 40.3 Å². The quantitative estimate of drug-likeness (QED) is 0.597. The molecule has 3 rings (SSSR count). The van der Waals surface area contributed by atoms with Crippen molar-refractivity contribution in [1.29, 1.82) is 0 Å². The van der Waals surface area contributed by atoms with Crippen molar-refractivity contribution < 1.29 is 14.4 Å². The number of amides is 1. The highest BCUT2D eigenvalue weighted by atomic mass is 32.2. The van der Waals surface area contributed by atoms with Crippen LogP contribution in [0, 0.1) is 0 Å². The number of rotatable bonds is 6. The first-order chi connectivity index (χ1) is 12.6. The first-order valence-corrected chi connectivity index (χ1v) is 10.3. The van der Waals surface area contributed by atoms with E-state index in [1.165, 1.54) is 11.8 Å². The van der Waals surface area contributed by atoms with Crippen LogP contribution in [0.2, 0.25) is 0 Å². The number of nitrogens with one attached hydrogen (secondary N) is 1. The molecular weight excluding hydrogens is 364 g/mol. The largest absolute Gasteiger partial charge is 0.370 e. The normalized spacial score (nSPS) is 21.0. The fourth-order valence-corrected chi connectivity index (χ4v) is 4.51. The van der Waals surface area contributed by atoms with E-state index in [1.54, 1.807) is 9.80 Å². The predicted octanol–water partition coefficient (Wildman–Crippen LogP) is 2.14. The lowest BCUT2D eigenvalue weighted by atomic mass is 10.1. The smallest absolute Gasteiger partial charge is 0.266 e. The van der Waals surface area contributed by atoms with Crippen molar-refractivity contribution in [1.82, 2.24) is 4.90 Å². The van der Waals surface area contributed by atoms with Crippen molar-refractivity contribution in [2.24, 2.45) is 0 Å². The molecule has 2 aliphatic rings. The van der Waals surface area contributed by atoms with E-state index in [4.69, 9.17) is 17.0 Å². The zero-order valence-electron chi connectivity index (χ0n) is 15.1. The van der Waals surface area contributed by atoms with E-state index in [1.807, 2.05) is 31.2 Å². The van der Waals surface area contributed by atoms with Crippen LogP contribution in [0.5, 0.6) is 0 Å². The summed E-state index contributed by atoms with van der Waals surface area (Å²) in [6.07, 6.45) is 4.99. The van der Waals surface area contributed by atoms with Gasteiger partial charge in [-0.2, -0.15) is 0 Å². The first-order valence-electron chi connectivity index (χ1n) is 9.03. The van der Waals surface area contributed by atoms with Gasteiger partial charge in [-0.05, 0) is 24.1 Å². The van der Waals surface area contributed by atoms with E-state index >= 15 is 0 Å². The highest BCUT2D eigenvalue weighted by Gasteiger charge is 2.31. The van der Waals surface area contributed by atoms with Gasteiger partial charge in [0.15, 0.2) is 0 Å². The van der Waals surface area contributed by atoms with E-state index in [0.717, 1.165) is 55.3 Å². The Kier molecular flexibility index (Phi) is 7.02. The fraction of sp³-hybridized carbons (Fsp3) is 0.400. The number of allylic oxidation sites excluding steroid dienone is 2. The monoisotopic (exact) mass is 389 g/mol. The molecule has 1 aromatic rings. The average molecular weight is 390 g/mol. The van der Waals surface area contributed by atoms with Crippen LogP contribution in [0.3, 0.4) is 0 Å². The zero-order valence-corrected chi connectivity index (χ0v) is 16.7. The van der Waals surface area contributed by atoms with Crippen molar-refractivity contribution in [2.75, 3.05) is 39.4 Å². The molecular formula is C20H25N2O2S2+. The molecule has 2 aliphatic heterocycles. The van der Waals surface area contributed by atoms with E-state index < -0.39 is 0 Å². The topological polar surface area (TPSA) is 34.0 Å². The molecule has 0 aliphatic carbocycles. The van der Waals surface area contributed by atoms with Crippen molar-refractivity contribution in [3.8, 4) is 0 Å². The summed E-state index contributed by atoms with van der Waals surface area (Å²) < 4.78 is 6.06. The summed E-state index contributed by atoms with van der Waals surface area (Å²) in [5.74, 6) is 0.0396. The Morgan fingerprint density at radius 2 is 2.04 bits per heavy atom. The van der Waals surface area contributed by atoms with Gasteiger partial charge >= 0.3 is 0 Å². The second kappa shape index (κ2) is 9.46. The number of ether oxygens (including phenoxy) is 1. The molecule has 0 bridgehead atoms. The lowest BCUT2D eigenvalue weighted by Crippen LogP contribution is -3.14. The predicted molar refractivity (Wildman–Crippen MR) is 111 cm³/mol. The maximum Gasteiger partial charge on any atom is 0.266 e. The number of carbonyl (C=O) groups excluding carboxylic acids is 1. The summed E-state index contributed by atoms with van der Waals surface area (Å²) in [6.45, 7) is 7.57. The average Bonchev–Trinajstić information content (AvgIpc) is 2.90. The minimum absolute atomic E-state index is 0.0396. The molecule has 1 amide bonds. The minimum atomic E-state index is 0.0396. The third-order valence-corrected chi connectivity index (χ3v) is 5.92. The van der Waals surface area contributed by atoms with Gasteiger partial charge in [-0.15, -0.1) is 0 Å². The van der Waals surface area contributed by atoms with Gasteiger partial charge in [-0.3, -0.25) is 9.69 Å². The standard InChI is InChI=1S/C20H24N2O2S2/c1-16(14-17-6-3-2-4-7-17)15-18-19(23)22(20(25)26-18)9-5-8-21-10-12-24-13-11-21/h2-4,6-7,14-15H,5,8-13H2,1H3/p+1/b16-14+,18-15-. The maximum atomic E-state index is 12.7. The van der Waals surface area contributed by atoms with E-state index in [2.05, 4.69) is 18.2 Å². The molecule has 138 valence electrons. The molecule has 0 saturated carbocycles. The zero-order chi connectivity index (χ0) is 18.4. The number of hydrogen-bond donors (Lipinski definition) is 1. The Hall–Kier alpha value is -1.47. The molecule has 26 heavy (non-hydrogen) atoms. The maximum absolute atomic E-state index is 12.7. The summed E-state index contributed by atoms with van der Waals surface area (Å²) in [7, 11) is 0. The summed E-state index contributed by atoms with van der Waals surface area (Å²) in [4.78, 5) is 16.7. The van der Waals surface area contributed by atoms with Crippen LogP contribution in [-0.4, -0.2) is 54.5 Å². The number of quaternary nitrogens is 1. The van der Waals surface area contributed by atoms with Crippen LogP contribution in [0.4, 0.5) is 0 Å². The number of hydrogen-bond acceptors (Lipinski definition) is 4. The van der Waals surface area contributed by atoms with Crippen molar-refractivity contribution in [3.63, 3.8) is 0 Å². The minimum Gasteiger partial charge on any atom is -0.370 e. The van der Waals surface area contributed by atoms with Gasteiger partial charge in [0.2, 0.25) is 0 Å². The Labute approximate surface area is 164 Å². The van der Waals surface area contributed by atoms with Gasteiger partial charge in [-0.25, -0.2) is 0 Å². The van der Waals surface area contributed by atoms with Crippen LogP contribution in [0.1, 0.15) is 18.9 Å². The summed E-state index contributed by atoms with van der Waals surface area (Å²) in [5.41, 5.74) is 2.18. The van der Waals surface area contributed by atoms with Gasteiger partial charge in [0.1, 0.15) is 17.4 Å². The highest BCUT2D eigenvalue weighted by molar-refractivity contribution is 8.26. The second-order valence-electron chi connectivity index (χ2n) is 6.60. The first kappa shape index (κ1) is 19.3. The van der Waals surface area contributed by atoms with Crippen LogP contribution < -0.4 is 4.90 Å². The molecule has 1 N–H and O–H groups in total. The number of thiocarbonyl (C=S) groups is 1. The van der Waals surface area contributed by atoms with Crippen LogP contribution in [0.15, 0.2) is 46.9 Å². The fourth-order valence-electron chi connectivity index (χ4n) is 3.15. The third-order valence-electron chi connectivity index (χ3n) is 4.54. The second-order valence-corrected chi connectivity index (χ2v) is 8.27. The Morgan fingerprint density at radius 3 is 2.77 bits per heavy atom. The summed E-state index contributed by atoms with van der Waals surface area (Å²) >= 11 is 6.84. The summed E-state index contributed by atoms with van der Waals surface area (Å²) in [5, 5.41) is 0. The molecule has 2 heterocycles. The molecule has 4 nitrogen and oxygen atoms in total. The van der Waals surface area contributed by atoms with Gasteiger partial charge in [0.05, 0.1) is 24.7 Å². The molecule has 0 aromatic heterocycles. The Bertz CT molecular complexity index is 710. The molecule has 0 atom stereocenters. The molecule has 2 fully saturated rings. The summed E-state index contributed by atoms with van der Waals surface area (Å²) in [6, 6.07) is 10.1. The number of carbonyl (C=O) groups is 1. The molecule has 0 unspecified atom stereocenters. The number of benzene rings is 1. The number of thioether (sulfide) groups is 1. The SMILES string of the molecule is CC(/C=C1\SC(=S)N(CCC[NH+]2CCOCC2)C1=O)=C\c1ccccc1. The molecule has 0 radical (unpaired) electrons. The van der Waals surface area contributed by atoms with Crippen molar-refractivity contribution in [3.05, 3.63) is 52.4 Å². The number of morpholine rings is 1. The van der Waals surface area contributed by atoms with Gasteiger partial charge in [-0.1, -0.05) is 60.4 Å². The molecule has 1 aromatic carbocycles.